The van der Waals surface area contributed by atoms with Crippen LogP contribution < -0.4 is 0 Å². The van der Waals surface area contributed by atoms with Crippen molar-refractivity contribution in [3.63, 3.8) is 0 Å². The average Bonchev–Trinajstić information content (AvgIpc) is 1.34. The third kappa shape index (κ3) is 20.2. The Bertz CT molecular complexity index is 7680. The van der Waals surface area contributed by atoms with Gasteiger partial charge in [-0.15, -0.1) is 0 Å². The first kappa shape index (κ1) is 88.8. The molecule has 24 rings (SSSR count). The summed E-state index contributed by atoms with van der Waals surface area (Å²) in [5.41, 5.74) is 32.8. The van der Waals surface area contributed by atoms with Crippen molar-refractivity contribution in [2.75, 3.05) is 0 Å². The quantitative estimate of drug-likeness (QED) is 0.0498. The maximum atomic E-state index is 4.92. The van der Waals surface area contributed by atoms with E-state index < -0.39 is 0 Å². The van der Waals surface area contributed by atoms with E-state index in [4.69, 9.17) is 34.9 Å². The van der Waals surface area contributed by atoms with E-state index in [9.17, 15) is 0 Å². The zero-order chi connectivity index (χ0) is 94.2. The van der Waals surface area contributed by atoms with Gasteiger partial charge in [-0.2, -0.15) is 24.4 Å². The van der Waals surface area contributed by atoms with Gasteiger partial charge >= 0.3 is 0 Å². The van der Waals surface area contributed by atoms with Crippen LogP contribution in [0.1, 0.15) is 17.2 Å². The van der Waals surface area contributed by atoms with Crippen molar-refractivity contribution in [3.8, 4) is 163 Å². The standard InChI is InChI=1S/C37H26N6.C30H21N9.C26H20N2.C24H16N2.CH5BP/c1-25-42-36(34-16-30(26-6-2-10-38-21-26)14-31(17-34)27-7-3-11-39-22-27)20-37(43-25)35-18-32(28-8-4-12-40-23-28)15-33(19-35)29-9-5-13-41-24-29;1-7-22(19-25(10-1)37-16-4-13-31-37)28-34-29(23-8-2-11-26(20-23)38-17-5-14-32-38)36-30(35-28)24-9-3-12-27(21-24)39-18-6-15-33-39;1-17-15-23(19-9-5-3-6-10-19)21-13-14-22-24(20-11-7-4-8-12-20)16-18(2)28-26(22)25(21)27-17;1-3-7-17(8-4-1)19-13-15-25-23-21(19)11-12-22-20(14-16-26-24(22)23)18-9-5-2-6-10-18;1-2-3/h2-24H,1H3;1-21H;3-16H,1-2H3;1-16H;3H2,1H3. The van der Waals surface area contributed by atoms with Gasteiger partial charge in [0.15, 0.2) is 17.5 Å². The molecular formula is C118H88BN19P. The summed E-state index contributed by atoms with van der Waals surface area (Å²) in [6.07, 6.45) is 29.4. The molecule has 0 N–H and O–H groups in total. The molecule has 24 aromatic rings. The predicted octanol–water partition coefficient (Wildman–Crippen LogP) is 27.2. The van der Waals surface area contributed by atoms with Crippen LogP contribution in [0.2, 0.25) is 6.82 Å². The van der Waals surface area contributed by atoms with Crippen LogP contribution in [0.15, 0.2) is 451 Å². The number of nitrogens with zero attached hydrogens (tertiary/aromatic N) is 19. The summed E-state index contributed by atoms with van der Waals surface area (Å²) < 4.78 is 5.44. The molecular weight excluding hydrogens is 1730 g/mol. The van der Waals surface area contributed by atoms with Gasteiger partial charge in [0.2, 0.25) is 0 Å². The summed E-state index contributed by atoms with van der Waals surface area (Å²) in [5.74, 6) is 2.39. The number of rotatable bonds is 16. The molecule has 13 heterocycles. The van der Waals surface area contributed by atoms with Gasteiger partial charge in [-0.1, -0.05) is 213 Å². The molecule has 0 spiro atoms. The molecule has 1 atom stereocenters. The summed E-state index contributed by atoms with van der Waals surface area (Å²) in [6.45, 7) is 9.93. The first-order valence-electron chi connectivity index (χ1n) is 45.5. The fraction of sp³-hybridized carbons (Fsp3) is 0.0339. The van der Waals surface area contributed by atoms with Gasteiger partial charge in [-0.05, 0) is 233 Å². The lowest BCUT2D eigenvalue weighted by Gasteiger charge is -2.13. The highest BCUT2D eigenvalue weighted by Gasteiger charge is 2.21. The highest BCUT2D eigenvalue weighted by molar-refractivity contribution is 7.55. The van der Waals surface area contributed by atoms with Crippen LogP contribution in [0.5, 0.6) is 0 Å². The van der Waals surface area contributed by atoms with E-state index in [0.717, 1.165) is 156 Å². The maximum Gasteiger partial charge on any atom is 0.164 e. The molecule has 0 aliphatic heterocycles. The number of hydrogen-bond acceptors (Lipinski definition) is 16. The van der Waals surface area contributed by atoms with E-state index in [1.54, 1.807) is 43.4 Å². The smallest absolute Gasteiger partial charge is 0.164 e. The lowest BCUT2D eigenvalue weighted by Crippen LogP contribution is -2.02. The number of hydrogen-bond donors (Lipinski definition) is 0. The zero-order valence-corrected chi connectivity index (χ0v) is 77.5. The van der Waals surface area contributed by atoms with Crippen molar-refractivity contribution in [2.45, 2.75) is 27.6 Å². The number of pyridine rings is 8. The average molecular weight is 1810 g/mol. The van der Waals surface area contributed by atoms with Crippen molar-refractivity contribution in [3.05, 3.63) is 468 Å². The van der Waals surface area contributed by atoms with Gasteiger partial charge in [0.1, 0.15) is 12.8 Å². The van der Waals surface area contributed by atoms with E-state index in [1.807, 2.05) is 230 Å². The van der Waals surface area contributed by atoms with Gasteiger partial charge in [0.05, 0.1) is 50.5 Å². The Balaban J connectivity index is 0.000000115. The zero-order valence-electron chi connectivity index (χ0n) is 76.4. The van der Waals surface area contributed by atoms with E-state index in [0.29, 0.717) is 23.3 Å². The Morgan fingerprint density at radius 3 is 0.806 bits per heavy atom. The minimum absolute atomic E-state index is 0.568. The normalized spacial score (nSPS) is 10.9. The van der Waals surface area contributed by atoms with Gasteiger partial charge in [0, 0.05) is 182 Å². The molecule has 1 unspecified atom stereocenters. The van der Waals surface area contributed by atoms with Crippen molar-refractivity contribution in [1.29, 1.82) is 0 Å². The molecule has 0 aliphatic rings. The Hall–Kier alpha value is -18.1. The Morgan fingerprint density at radius 1 is 0.223 bits per heavy atom. The first-order valence-corrected chi connectivity index (χ1v) is 46.2. The number of aromatic nitrogens is 19. The predicted molar refractivity (Wildman–Crippen MR) is 565 cm³/mol. The molecule has 0 bridgehead atoms. The minimum atomic E-state index is 0.568. The molecule has 663 valence electrons. The van der Waals surface area contributed by atoms with Gasteiger partial charge < -0.3 is 0 Å². The fourth-order valence-corrected chi connectivity index (χ4v) is 17.1. The van der Waals surface area contributed by atoms with Gasteiger partial charge in [-0.3, -0.25) is 39.9 Å². The highest BCUT2D eigenvalue weighted by atomic mass is 31.0. The number of fused-ring (bicyclic) bond motifs is 6. The third-order valence-corrected chi connectivity index (χ3v) is 23.5. The molecule has 0 saturated carbocycles. The molecule has 1 radical (unpaired) electrons. The van der Waals surface area contributed by atoms with Gasteiger partial charge in [-0.25, -0.2) is 39.0 Å². The second-order valence-electron chi connectivity index (χ2n) is 32.9. The lowest BCUT2D eigenvalue weighted by molar-refractivity contribution is 0.879. The first-order chi connectivity index (χ1) is 68.5. The summed E-state index contributed by atoms with van der Waals surface area (Å²) in [5, 5.41) is 17.6. The number of benzene rings is 11. The van der Waals surface area contributed by atoms with E-state index in [1.165, 1.54) is 44.5 Å². The largest absolute Gasteiger partial charge is 0.264 e. The third-order valence-electron chi connectivity index (χ3n) is 23.5. The second-order valence-corrected chi connectivity index (χ2v) is 33.6. The summed E-state index contributed by atoms with van der Waals surface area (Å²) in [4.78, 5) is 61.1. The van der Waals surface area contributed by atoms with Crippen LogP contribution in [0.4, 0.5) is 0 Å². The van der Waals surface area contributed by atoms with Crippen LogP contribution in [0, 0.1) is 20.8 Å². The molecule has 21 heteroatoms. The monoisotopic (exact) mass is 1810 g/mol. The topological polar surface area (TPSA) is 221 Å². The van der Waals surface area contributed by atoms with Crippen molar-refractivity contribution >= 4 is 59.7 Å². The summed E-state index contributed by atoms with van der Waals surface area (Å²) in [6, 6.07) is 120. The van der Waals surface area contributed by atoms with Gasteiger partial charge in [0.25, 0.3) is 0 Å². The second kappa shape index (κ2) is 41.6. The van der Waals surface area contributed by atoms with Crippen LogP contribution in [0.3, 0.4) is 0 Å². The Morgan fingerprint density at radius 2 is 0.511 bits per heavy atom. The van der Waals surface area contributed by atoms with Crippen LogP contribution in [-0.2, 0) is 0 Å². The minimum Gasteiger partial charge on any atom is -0.264 e. The Kier molecular flexibility index (Phi) is 26.5. The van der Waals surface area contributed by atoms with Crippen molar-refractivity contribution < 1.29 is 0 Å². The SMILES string of the molecule is C[B]P.Cc1cc(-c2ccccc2)c2ccc3c(-c4ccccc4)cc(C)nc3c2n1.Cc1nc(-c2cc(-c3cccnc3)cc(-c3cccnc3)c2)cc(-c2cc(-c3cccnc3)cc(-c3cccnc3)c2)n1.c1cc(-c2nc(-c3cccc(-n4cccn4)c3)nc(-c3cccc(-n4cccn4)c3)n2)cc(-n2cccn2)c1.c1ccc(-c2ccnc3c2ccc2c(-c4ccccc4)ccnc23)cc1. The van der Waals surface area contributed by atoms with Crippen molar-refractivity contribution in [2.24, 2.45) is 0 Å². The molecule has 13 aromatic heterocycles. The molecule has 0 amide bonds. The number of aryl methyl sites for hydroxylation is 3. The van der Waals surface area contributed by atoms with E-state index in [-0.39, 0.29) is 0 Å². The molecule has 139 heavy (non-hydrogen) atoms. The molecule has 0 fully saturated rings. The maximum absolute atomic E-state index is 4.92. The summed E-state index contributed by atoms with van der Waals surface area (Å²) >= 11 is 0. The molecule has 19 nitrogen and oxygen atoms in total. The lowest BCUT2D eigenvalue weighted by atomic mass is 9.94. The molecule has 0 aliphatic carbocycles. The van der Waals surface area contributed by atoms with Crippen LogP contribution in [0.25, 0.3) is 206 Å². The highest BCUT2D eigenvalue weighted by Crippen LogP contribution is 2.42. The summed E-state index contributed by atoms with van der Waals surface area (Å²) in [7, 11) is 2.45. The van der Waals surface area contributed by atoms with Crippen molar-refractivity contribution in [1.82, 2.24) is 94.1 Å². The molecule has 11 aromatic carbocycles. The van der Waals surface area contributed by atoms with Crippen LogP contribution >= 0.6 is 9.12 Å². The van der Waals surface area contributed by atoms with Crippen LogP contribution in [-0.4, -0.2) is 101 Å². The molecule has 0 saturated heterocycles. The Labute approximate surface area is 807 Å². The van der Waals surface area contributed by atoms with E-state index in [2.05, 4.69) is 280 Å². The van der Waals surface area contributed by atoms with E-state index >= 15 is 0 Å². The fourth-order valence-electron chi connectivity index (χ4n) is 17.1.